The van der Waals surface area contributed by atoms with Crippen LogP contribution in [-0.2, 0) is 28.7 Å². The molecule has 2 fully saturated rings. The Morgan fingerprint density at radius 3 is 1.67 bits per heavy atom. The molecule has 2 aliphatic rings. The molecule has 8 nitrogen and oxygen atoms in total. The molecule has 2 N–H and O–H groups in total. The lowest BCUT2D eigenvalue weighted by Crippen LogP contribution is -2.71. The van der Waals surface area contributed by atoms with Crippen LogP contribution in [0.2, 0.25) is 0 Å². The quantitative estimate of drug-likeness (QED) is 0.495. The standard InChI is InChI=1S/C13H18N2O6/c1-3-20-10(18)12-5-13(7-15-8(12)16,9(17)14-6-12)11(19)21-4-2/h3-7H2,1-2H3,(H,14,17)(H,15,16)/t12-,13+. The van der Waals surface area contributed by atoms with Crippen molar-refractivity contribution in [2.24, 2.45) is 10.8 Å². The molecule has 2 rings (SSSR count). The molecule has 0 unspecified atom stereocenters. The van der Waals surface area contributed by atoms with Crippen LogP contribution in [0.5, 0.6) is 0 Å². The van der Waals surface area contributed by atoms with Crippen LogP contribution in [0, 0.1) is 10.8 Å². The van der Waals surface area contributed by atoms with Crippen LogP contribution >= 0.6 is 0 Å². The van der Waals surface area contributed by atoms with Gasteiger partial charge < -0.3 is 20.1 Å². The predicted octanol–water partition coefficient (Wildman–Crippen LogP) is -1.26. The minimum absolute atomic E-state index is 0.105. The lowest BCUT2D eigenvalue weighted by molar-refractivity contribution is -0.179. The number of esters is 2. The normalized spacial score (nSPS) is 31.0. The second-order valence-electron chi connectivity index (χ2n) is 5.15. The average molecular weight is 298 g/mol. The van der Waals surface area contributed by atoms with Crippen molar-refractivity contribution in [3.63, 3.8) is 0 Å². The van der Waals surface area contributed by atoms with E-state index in [2.05, 4.69) is 10.6 Å². The molecule has 0 aromatic heterocycles. The fourth-order valence-electron chi connectivity index (χ4n) is 2.77. The number of ether oxygens (including phenoxy) is 2. The monoisotopic (exact) mass is 298 g/mol. The minimum Gasteiger partial charge on any atom is -0.465 e. The number of rotatable bonds is 4. The second kappa shape index (κ2) is 5.34. The summed E-state index contributed by atoms with van der Waals surface area (Å²) in [5.41, 5.74) is -3.15. The number of carbonyl (C=O) groups is 4. The molecule has 0 saturated carbocycles. The molecule has 116 valence electrons. The van der Waals surface area contributed by atoms with Gasteiger partial charge in [-0.15, -0.1) is 0 Å². The molecule has 2 amide bonds. The van der Waals surface area contributed by atoms with Crippen molar-refractivity contribution in [2.45, 2.75) is 20.3 Å². The van der Waals surface area contributed by atoms with E-state index in [1.54, 1.807) is 13.8 Å². The van der Waals surface area contributed by atoms with Crippen LogP contribution in [0.15, 0.2) is 0 Å². The third-order valence-corrected chi connectivity index (χ3v) is 3.91. The van der Waals surface area contributed by atoms with Gasteiger partial charge in [0, 0.05) is 19.5 Å². The van der Waals surface area contributed by atoms with Crippen molar-refractivity contribution in [2.75, 3.05) is 26.3 Å². The highest BCUT2D eigenvalue weighted by Crippen LogP contribution is 2.43. The summed E-state index contributed by atoms with van der Waals surface area (Å²) in [6.45, 7) is 3.09. The summed E-state index contributed by atoms with van der Waals surface area (Å²) in [5, 5.41) is 4.95. The number of piperidine rings is 2. The van der Waals surface area contributed by atoms with Gasteiger partial charge in [-0.2, -0.15) is 0 Å². The highest BCUT2D eigenvalue weighted by atomic mass is 16.5. The molecular formula is C13H18N2O6. The number of nitrogens with one attached hydrogen (secondary N) is 2. The second-order valence-corrected chi connectivity index (χ2v) is 5.15. The Kier molecular flexibility index (Phi) is 3.89. The first kappa shape index (κ1) is 15.3. The van der Waals surface area contributed by atoms with Gasteiger partial charge in [0.05, 0.1) is 13.2 Å². The van der Waals surface area contributed by atoms with Crippen molar-refractivity contribution in [3.8, 4) is 0 Å². The summed E-state index contributed by atoms with van der Waals surface area (Å²) in [5.74, 6) is -2.56. The first-order valence-corrected chi connectivity index (χ1v) is 6.84. The molecule has 0 aliphatic carbocycles. The third-order valence-electron chi connectivity index (χ3n) is 3.91. The number of carbonyl (C=O) groups excluding carboxylic acids is 4. The minimum atomic E-state index is -1.57. The van der Waals surface area contributed by atoms with Crippen LogP contribution in [0.25, 0.3) is 0 Å². The summed E-state index contributed by atoms with van der Waals surface area (Å²) in [6.07, 6.45) is -0.227. The van der Waals surface area contributed by atoms with E-state index in [1.165, 1.54) is 0 Å². The van der Waals surface area contributed by atoms with Crippen LogP contribution < -0.4 is 10.6 Å². The zero-order valence-electron chi connectivity index (χ0n) is 12.0. The molecule has 2 aliphatic heterocycles. The maximum atomic E-state index is 12.2. The Hall–Kier alpha value is -2.12. The van der Waals surface area contributed by atoms with E-state index < -0.39 is 34.6 Å². The average Bonchev–Trinajstić information content (AvgIpc) is 2.46. The summed E-state index contributed by atoms with van der Waals surface area (Å²) in [6, 6.07) is 0. The van der Waals surface area contributed by atoms with E-state index in [-0.39, 0.29) is 32.7 Å². The van der Waals surface area contributed by atoms with E-state index in [1.807, 2.05) is 0 Å². The number of amides is 2. The molecule has 0 spiro atoms. The van der Waals surface area contributed by atoms with Gasteiger partial charge in [-0.05, 0) is 13.8 Å². The van der Waals surface area contributed by atoms with Gasteiger partial charge in [0.25, 0.3) is 0 Å². The van der Waals surface area contributed by atoms with Crippen LogP contribution in [0.1, 0.15) is 20.3 Å². The van der Waals surface area contributed by atoms with Gasteiger partial charge in [-0.25, -0.2) is 0 Å². The van der Waals surface area contributed by atoms with Crippen molar-refractivity contribution in [3.05, 3.63) is 0 Å². The maximum absolute atomic E-state index is 12.2. The highest BCUT2D eigenvalue weighted by molar-refractivity contribution is 6.12. The fraction of sp³-hybridized carbons (Fsp3) is 0.692. The predicted molar refractivity (Wildman–Crippen MR) is 68.8 cm³/mol. The first-order chi connectivity index (χ1) is 9.93. The molecule has 2 heterocycles. The molecular weight excluding hydrogens is 280 g/mol. The molecule has 8 heteroatoms. The van der Waals surface area contributed by atoms with E-state index >= 15 is 0 Å². The lowest BCUT2D eigenvalue weighted by Gasteiger charge is -2.46. The molecule has 0 radical (unpaired) electrons. The zero-order valence-corrected chi connectivity index (χ0v) is 12.0. The van der Waals surface area contributed by atoms with Gasteiger partial charge >= 0.3 is 11.9 Å². The molecule has 2 bridgehead atoms. The van der Waals surface area contributed by atoms with Crippen LogP contribution in [-0.4, -0.2) is 50.1 Å². The van der Waals surface area contributed by atoms with Crippen LogP contribution in [0.4, 0.5) is 0 Å². The smallest absolute Gasteiger partial charge is 0.323 e. The van der Waals surface area contributed by atoms with Gasteiger partial charge in [0.1, 0.15) is 0 Å². The van der Waals surface area contributed by atoms with E-state index in [0.717, 1.165) is 0 Å². The Bertz CT molecular complexity index is 461. The lowest BCUT2D eigenvalue weighted by atomic mass is 9.64. The van der Waals surface area contributed by atoms with Gasteiger partial charge in [0.2, 0.25) is 11.8 Å². The van der Waals surface area contributed by atoms with Gasteiger partial charge in [0.15, 0.2) is 10.8 Å². The SMILES string of the molecule is CCOC(=O)[C@]12CNC(=O)[C@@](C(=O)OCC)(CNC1=O)C2. The molecule has 0 aromatic rings. The summed E-state index contributed by atoms with van der Waals surface area (Å²) in [7, 11) is 0. The Morgan fingerprint density at radius 1 is 0.952 bits per heavy atom. The van der Waals surface area contributed by atoms with E-state index in [0.29, 0.717) is 0 Å². The van der Waals surface area contributed by atoms with Crippen molar-refractivity contribution >= 4 is 23.8 Å². The summed E-state index contributed by atoms with van der Waals surface area (Å²) in [4.78, 5) is 48.7. The largest absolute Gasteiger partial charge is 0.465 e. The summed E-state index contributed by atoms with van der Waals surface area (Å²) >= 11 is 0. The molecule has 21 heavy (non-hydrogen) atoms. The fourth-order valence-corrected chi connectivity index (χ4v) is 2.77. The van der Waals surface area contributed by atoms with Gasteiger partial charge in [-0.1, -0.05) is 0 Å². The topological polar surface area (TPSA) is 111 Å². The zero-order chi connectivity index (χ0) is 15.7. The number of hydrogen-bond donors (Lipinski definition) is 2. The molecule has 0 aromatic carbocycles. The maximum Gasteiger partial charge on any atom is 0.323 e. The van der Waals surface area contributed by atoms with Crippen LogP contribution in [0.3, 0.4) is 0 Å². The Balaban J connectivity index is 2.40. The van der Waals surface area contributed by atoms with Gasteiger partial charge in [-0.3, -0.25) is 19.2 Å². The van der Waals surface area contributed by atoms with Crippen molar-refractivity contribution < 1.29 is 28.7 Å². The third kappa shape index (κ3) is 2.14. The number of hydrogen-bond acceptors (Lipinski definition) is 6. The molecule has 2 saturated heterocycles. The summed E-state index contributed by atoms with van der Waals surface area (Å²) < 4.78 is 9.89. The van der Waals surface area contributed by atoms with E-state index in [4.69, 9.17) is 9.47 Å². The number of fused-ring (bicyclic) bond motifs is 2. The van der Waals surface area contributed by atoms with Crippen molar-refractivity contribution in [1.82, 2.24) is 10.6 Å². The Labute approximate surface area is 121 Å². The molecule has 2 atom stereocenters. The first-order valence-electron chi connectivity index (χ1n) is 6.84. The van der Waals surface area contributed by atoms with Crippen molar-refractivity contribution in [1.29, 1.82) is 0 Å². The highest BCUT2D eigenvalue weighted by Gasteiger charge is 2.65. The van der Waals surface area contributed by atoms with E-state index in [9.17, 15) is 19.2 Å². The Morgan fingerprint density at radius 2 is 1.33 bits per heavy atom.